The minimum Gasteiger partial charge on any atom is -0.364 e. The molecular formula is C15H19ClN4O. The Balaban J connectivity index is 2.12. The van der Waals surface area contributed by atoms with E-state index in [0.29, 0.717) is 10.9 Å². The maximum atomic E-state index is 11.1. The van der Waals surface area contributed by atoms with Gasteiger partial charge in [0, 0.05) is 17.8 Å². The zero-order chi connectivity index (χ0) is 15.4. The number of hydrogen-bond acceptors (Lipinski definition) is 3. The summed E-state index contributed by atoms with van der Waals surface area (Å²) in [5.41, 5.74) is 7.24. The van der Waals surface area contributed by atoms with E-state index in [2.05, 4.69) is 24.3 Å². The third-order valence-electron chi connectivity index (χ3n) is 3.01. The van der Waals surface area contributed by atoms with Gasteiger partial charge in [0.2, 0.25) is 0 Å². The molecule has 1 aromatic carbocycles. The minimum atomic E-state index is -0.547. The van der Waals surface area contributed by atoms with Crippen LogP contribution < -0.4 is 11.1 Å². The predicted octanol–water partition coefficient (Wildman–Crippen LogP) is 2.37. The van der Waals surface area contributed by atoms with Gasteiger partial charge in [-0.2, -0.15) is 5.10 Å². The molecule has 0 aliphatic rings. The number of aromatic nitrogens is 2. The van der Waals surface area contributed by atoms with Gasteiger partial charge in [0.05, 0.1) is 5.69 Å². The predicted molar refractivity (Wildman–Crippen MR) is 83.6 cm³/mol. The first kappa shape index (κ1) is 15.5. The lowest BCUT2D eigenvalue weighted by atomic mass is 10.2. The minimum absolute atomic E-state index is 0.230. The molecule has 1 amide bonds. The first-order valence-corrected chi connectivity index (χ1v) is 7.20. The van der Waals surface area contributed by atoms with Crippen molar-refractivity contribution in [3.63, 3.8) is 0 Å². The van der Waals surface area contributed by atoms with E-state index in [1.807, 2.05) is 18.2 Å². The van der Waals surface area contributed by atoms with Gasteiger partial charge >= 0.3 is 0 Å². The summed E-state index contributed by atoms with van der Waals surface area (Å²) in [4.78, 5) is 11.1. The van der Waals surface area contributed by atoms with Crippen LogP contribution in [0.15, 0.2) is 30.5 Å². The van der Waals surface area contributed by atoms with Crippen molar-refractivity contribution in [2.24, 2.45) is 11.7 Å². The molecule has 0 saturated carbocycles. The Kier molecular flexibility index (Phi) is 4.98. The van der Waals surface area contributed by atoms with E-state index in [0.717, 1.165) is 24.3 Å². The SMILES string of the molecule is CC(C)CNCc1ccc(-n2ccc(C(N)=O)n2)cc1Cl. The fourth-order valence-electron chi connectivity index (χ4n) is 1.92. The molecule has 0 spiro atoms. The molecule has 112 valence electrons. The zero-order valence-electron chi connectivity index (χ0n) is 12.1. The van der Waals surface area contributed by atoms with E-state index in [1.165, 1.54) is 0 Å². The van der Waals surface area contributed by atoms with Crippen molar-refractivity contribution in [2.45, 2.75) is 20.4 Å². The van der Waals surface area contributed by atoms with Gasteiger partial charge < -0.3 is 11.1 Å². The van der Waals surface area contributed by atoms with Gasteiger partial charge in [0.15, 0.2) is 0 Å². The smallest absolute Gasteiger partial charge is 0.269 e. The van der Waals surface area contributed by atoms with Crippen molar-refractivity contribution in [3.8, 4) is 5.69 Å². The number of nitrogens with zero attached hydrogens (tertiary/aromatic N) is 2. The molecular weight excluding hydrogens is 288 g/mol. The first-order valence-electron chi connectivity index (χ1n) is 6.82. The summed E-state index contributed by atoms with van der Waals surface area (Å²) in [5, 5.41) is 8.12. The van der Waals surface area contributed by atoms with Gasteiger partial charge in [-0.15, -0.1) is 0 Å². The Morgan fingerprint density at radius 3 is 2.76 bits per heavy atom. The summed E-state index contributed by atoms with van der Waals surface area (Å²) < 4.78 is 1.58. The van der Waals surface area contributed by atoms with Gasteiger partial charge in [0.25, 0.3) is 5.91 Å². The van der Waals surface area contributed by atoms with Crippen molar-refractivity contribution in [1.82, 2.24) is 15.1 Å². The Morgan fingerprint density at radius 1 is 1.43 bits per heavy atom. The number of benzene rings is 1. The Labute approximate surface area is 129 Å². The van der Waals surface area contributed by atoms with E-state index < -0.39 is 5.91 Å². The number of halogens is 1. The quantitative estimate of drug-likeness (QED) is 0.860. The van der Waals surface area contributed by atoms with Crippen LogP contribution in [0.3, 0.4) is 0 Å². The fourth-order valence-corrected chi connectivity index (χ4v) is 2.16. The average molecular weight is 307 g/mol. The van der Waals surface area contributed by atoms with Crippen LogP contribution in [-0.4, -0.2) is 22.2 Å². The largest absolute Gasteiger partial charge is 0.364 e. The molecule has 0 bridgehead atoms. The fraction of sp³-hybridized carbons (Fsp3) is 0.333. The van der Waals surface area contributed by atoms with Crippen molar-refractivity contribution < 1.29 is 4.79 Å². The van der Waals surface area contributed by atoms with Gasteiger partial charge in [-0.05, 0) is 36.2 Å². The number of rotatable bonds is 6. The highest BCUT2D eigenvalue weighted by Gasteiger charge is 2.08. The van der Waals surface area contributed by atoms with Crippen LogP contribution in [0, 0.1) is 5.92 Å². The second-order valence-electron chi connectivity index (χ2n) is 5.31. The van der Waals surface area contributed by atoms with Gasteiger partial charge in [-0.25, -0.2) is 4.68 Å². The van der Waals surface area contributed by atoms with E-state index in [4.69, 9.17) is 17.3 Å². The molecule has 1 aromatic heterocycles. The van der Waals surface area contributed by atoms with Crippen LogP contribution in [-0.2, 0) is 6.54 Å². The molecule has 0 fully saturated rings. The molecule has 0 aliphatic carbocycles. The normalized spacial score (nSPS) is 11.0. The van der Waals surface area contributed by atoms with Crippen LogP contribution >= 0.6 is 11.6 Å². The van der Waals surface area contributed by atoms with Gasteiger partial charge in [0.1, 0.15) is 5.69 Å². The molecule has 2 rings (SSSR count). The summed E-state index contributed by atoms with van der Waals surface area (Å²) in [5.74, 6) is 0.0497. The number of amides is 1. The zero-order valence-corrected chi connectivity index (χ0v) is 12.9. The molecule has 21 heavy (non-hydrogen) atoms. The highest BCUT2D eigenvalue weighted by Crippen LogP contribution is 2.20. The second-order valence-corrected chi connectivity index (χ2v) is 5.72. The number of hydrogen-bond donors (Lipinski definition) is 2. The number of nitrogens with one attached hydrogen (secondary N) is 1. The molecule has 0 atom stereocenters. The molecule has 2 aromatic rings. The van der Waals surface area contributed by atoms with Crippen molar-refractivity contribution in [1.29, 1.82) is 0 Å². The lowest BCUT2D eigenvalue weighted by Gasteiger charge is -2.10. The standard InChI is InChI=1S/C15H19ClN4O/c1-10(2)8-18-9-11-3-4-12(7-13(11)16)20-6-5-14(19-20)15(17)21/h3-7,10,18H,8-9H2,1-2H3,(H2,17,21). The molecule has 5 nitrogen and oxygen atoms in total. The van der Waals surface area contributed by atoms with Crippen LogP contribution in [0.25, 0.3) is 5.69 Å². The second kappa shape index (κ2) is 6.74. The van der Waals surface area contributed by atoms with Crippen LogP contribution in [0.4, 0.5) is 0 Å². The summed E-state index contributed by atoms with van der Waals surface area (Å²) in [6, 6.07) is 7.27. The highest BCUT2D eigenvalue weighted by atomic mass is 35.5. The lowest BCUT2D eigenvalue weighted by molar-refractivity contribution is 0.0995. The maximum absolute atomic E-state index is 11.1. The molecule has 0 aliphatic heterocycles. The van der Waals surface area contributed by atoms with Gasteiger partial charge in [-0.3, -0.25) is 4.79 Å². The van der Waals surface area contributed by atoms with E-state index in [9.17, 15) is 4.79 Å². The maximum Gasteiger partial charge on any atom is 0.269 e. The van der Waals surface area contributed by atoms with Gasteiger partial charge in [-0.1, -0.05) is 31.5 Å². The summed E-state index contributed by atoms with van der Waals surface area (Å²) in [6.07, 6.45) is 1.68. The summed E-state index contributed by atoms with van der Waals surface area (Å²) in [6.45, 7) is 5.99. The molecule has 0 saturated heterocycles. The Morgan fingerprint density at radius 2 is 2.19 bits per heavy atom. The van der Waals surface area contributed by atoms with E-state index >= 15 is 0 Å². The molecule has 3 N–H and O–H groups in total. The summed E-state index contributed by atoms with van der Waals surface area (Å²) >= 11 is 6.29. The van der Waals surface area contributed by atoms with Crippen LogP contribution in [0.5, 0.6) is 0 Å². The summed E-state index contributed by atoms with van der Waals surface area (Å²) in [7, 11) is 0. The number of nitrogens with two attached hydrogens (primary N) is 1. The van der Waals surface area contributed by atoms with Crippen molar-refractivity contribution in [2.75, 3.05) is 6.54 Å². The Bertz CT molecular complexity index is 636. The number of primary amides is 1. The lowest BCUT2D eigenvalue weighted by Crippen LogP contribution is -2.19. The molecule has 0 radical (unpaired) electrons. The average Bonchev–Trinajstić information content (AvgIpc) is 2.90. The monoisotopic (exact) mass is 306 g/mol. The molecule has 0 unspecified atom stereocenters. The van der Waals surface area contributed by atoms with Crippen molar-refractivity contribution >= 4 is 17.5 Å². The highest BCUT2D eigenvalue weighted by molar-refractivity contribution is 6.31. The number of carbonyl (C=O) groups is 1. The van der Waals surface area contributed by atoms with Crippen LogP contribution in [0.2, 0.25) is 5.02 Å². The first-order chi connectivity index (χ1) is 9.97. The van der Waals surface area contributed by atoms with E-state index in [1.54, 1.807) is 16.9 Å². The number of carbonyl (C=O) groups excluding carboxylic acids is 1. The van der Waals surface area contributed by atoms with Crippen molar-refractivity contribution in [3.05, 3.63) is 46.7 Å². The third kappa shape index (κ3) is 4.06. The Hall–Kier alpha value is -1.85. The topological polar surface area (TPSA) is 72.9 Å². The third-order valence-corrected chi connectivity index (χ3v) is 3.36. The molecule has 1 heterocycles. The van der Waals surface area contributed by atoms with E-state index in [-0.39, 0.29) is 5.69 Å². The molecule has 6 heteroatoms. The van der Waals surface area contributed by atoms with Crippen LogP contribution in [0.1, 0.15) is 29.9 Å².